The van der Waals surface area contributed by atoms with Crippen LogP contribution in [0, 0.1) is 13.8 Å². The van der Waals surface area contributed by atoms with Crippen molar-refractivity contribution in [2.24, 2.45) is 0 Å². The van der Waals surface area contributed by atoms with Gasteiger partial charge >= 0.3 is 0 Å². The van der Waals surface area contributed by atoms with E-state index < -0.39 is 0 Å². The topological polar surface area (TPSA) is 58.2 Å². The summed E-state index contributed by atoms with van der Waals surface area (Å²) in [5, 5.41) is 5.60. The fourth-order valence-corrected chi connectivity index (χ4v) is 2.23. The molecule has 0 aliphatic carbocycles. The van der Waals surface area contributed by atoms with Gasteiger partial charge in [0.1, 0.15) is 0 Å². The zero-order chi connectivity index (χ0) is 16.8. The Morgan fingerprint density at radius 3 is 2.09 bits per heavy atom. The standard InChI is InChI=1S/C19H20N2O2/c1-13-5-4-6-14(2)19(13)21-18(23)12-9-16-7-10-17(11-8-16)20-15(3)22/h4-12H,1-3H3,(H,20,22)(H,21,23). The number of aryl methyl sites for hydroxylation is 2. The summed E-state index contributed by atoms with van der Waals surface area (Å²) in [7, 11) is 0. The molecule has 0 saturated carbocycles. The third kappa shape index (κ3) is 4.81. The minimum absolute atomic E-state index is 0.110. The molecule has 0 fully saturated rings. The van der Waals surface area contributed by atoms with Crippen molar-refractivity contribution in [2.75, 3.05) is 10.6 Å². The Balaban J connectivity index is 2.02. The number of benzene rings is 2. The summed E-state index contributed by atoms with van der Waals surface area (Å²) in [6.07, 6.45) is 3.24. The molecule has 0 bridgehead atoms. The summed E-state index contributed by atoms with van der Waals surface area (Å²) in [4.78, 5) is 23.0. The first-order chi connectivity index (χ1) is 11.0. The van der Waals surface area contributed by atoms with Crippen molar-refractivity contribution in [3.63, 3.8) is 0 Å². The van der Waals surface area contributed by atoms with Gasteiger partial charge in [0.05, 0.1) is 0 Å². The molecule has 2 aromatic carbocycles. The average molecular weight is 308 g/mol. The zero-order valence-electron chi connectivity index (χ0n) is 13.5. The Labute approximate surface area is 136 Å². The van der Waals surface area contributed by atoms with Crippen LogP contribution >= 0.6 is 0 Å². The first-order valence-electron chi connectivity index (χ1n) is 7.38. The van der Waals surface area contributed by atoms with Gasteiger partial charge in [-0.25, -0.2) is 0 Å². The van der Waals surface area contributed by atoms with Gasteiger partial charge in [0.15, 0.2) is 0 Å². The second kappa shape index (κ2) is 7.40. The van der Waals surface area contributed by atoms with Crippen LogP contribution in [-0.2, 0) is 9.59 Å². The molecule has 4 heteroatoms. The fraction of sp³-hybridized carbons (Fsp3) is 0.158. The molecule has 2 amide bonds. The number of hydrogen-bond donors (Lipinski definition) is 2. The van der Waals surface area contributed by atoms with Crippen LogP contribution in [0.2, 0.25) is 0 Å². The highest BCUT2D eigenvalue weighted by Crippen LogP contribution is 2.19. The minimum Gasteiger partial charge on any atom is -0.326 e. The lowest BCUT2D eigenvalue weighted by molar-refractivity contribution is -0.114. The normalized spacial score (nSPS) is 10.6. The summed E-state index contributed by atoms with van der Waals surface area (Å²) in [5.74, 6) is -0.283. The number of carbonyl (C=O) groups excluding carboxylic acids is 2. The third-order valence-corrected chi connectivity index (χ3v) is 3.39. The molecule has 0 aliphatic rings. The first-order valence-corrected chi connectivity index (χ1v) is 7.38. The highest BCUT2D eigenvalue weighted by molar-refractivity contribution is 6.02. The van der Waals surface area contributed by atoms with E-state index in [1.165, 1.54) is 13.0 Å². The number of amides is 2. The van der Waals surface area contributed by atoms with Gasteiger partial charge < -0.3 is 10.6 Å². The largest absolute Gasteiger partial charge is 0.326 e. The quantitative estimate of drug-likeness (QED) is 0.841. The van der Waals surface area contributed by atoms with Crippen LogP contribution < -0.4 is 10.6 Å². The van der Waals surface area contributed by atoms with Gasteiger partial charge in [0.25, 0.3) is 0 Å². The maximum atomic E-state index is 12.0. The van der Waals surface area contributed by atoms with E-state index in [4.69, 9.17) is 0 Å². The molecule has 0 heterocycles. The number of hydrogen-bond acceptors (Lipinski definition) is 2. The van der Waals surface area contributed by atoms with E-state index in [9.17, 15) is 9.59 Å². The Hall–Kier alpha value is -2.88. The Bertz CT molecular complexity index is 726. The molecule has 0 unspecified atom stereocenters. The number of para-hydroxylation sites is 1. The van der Waals surface area contributed by atoms with Gasteiger partial charge in [-0.1, -0.05) is 30.3 Å². The van der Waals surface area contributed by atoms with Crippen LogP contribution in [0.15, 0.2) is 48.5 Å². The lowest BCUT2D eigenvalue weighted by atomic mass is 10.1. The molecular weight excluding hydrogens is 288 g/mol. The Morgan fingerprint density at radius 1 is 0.913 bits per heavy atom. The van der Waals surface area contributed by atoms with Crippen molar-refractivity contribution >= 4 is 29.3 Å². The molecule has 0 saturated heterocycles. The van der Waals surface area contributed by atoms with Crippen molar-refractivity contribution in [1.82, 2.24) is 0 Å². The van der Waals surface area contributed by atoms with Gasteiger partial charge in [-0.05, 0) is 48.7 Å². The molecule has 2 aromatic rings. The predicted octanol–water partition coefficient (Wildman–Crippen LogP) is 3.91. The third-order valence-electron chi connectivity index (χ3n) is 3.39. The van der Waals surface area contributed by atoms with Gasteiger partial charge in [0.2, 0.25) is 11.8 Å². The summed E-state index contributed by atoms with van der Waals surface area (Å²) in [6.45, 7) is 5.39. The van der Waals surface area contributed by atoms with Gasteiger partial charge in [-0.15, -0.1) is 0 Å². The van der Waals surface area contributed by atoms with Gasteiger partial charge in [0, 0.05) is 24.4 Å². The second-order valence-electron chi connectivity index (χ2n) is 5.39. The maximum absolute atomic E-state index is 12.0. The van der Waals surface area contributed by atoms with Crippen LogP contribution in [0.5, 0.6) is 0 Å². The number of rotatable bonds is 4. The maximum Gasteiger partial charge on any atom is 0.248 e. The molecule has 2 rings (SSSR count). The van der Waals surface area contributed by atoms with Crippen molar-refractivity contribution in [1.29, 1.82) is 0 Å². The molecule has 2 N–H and O–H groups in total. The van der Waals surface area contributed by atoms with Crippen molar-refractivity contribution < 1.29 is 9.59 Å². The van der Waals surface area contributed by atoms with Crippen LogP contribution in [0.3, 0.4) is 0 Å². The van der Waals surface area contributed by atoms with E-state index >= 15 is 0 Å². The lowest BCUT2D eigenvalue weighted by Crippen LogP contribution is -2.10. The molecule has 0 aromatic heterocycles. The second-order valence-corrected chi connectivity index (χ2v) is 5.39. The predicted molar refractivity (Wildman–Crippen MR) is 94.3 cm³/mol. The van der Waals surface area contributed by atoms with Gasteiger partial charge in [-0.2, -0.15) is 0 Å². The highest BCUT2D eigenvalue weighted by Gasteiger charge is 2.04. The molecule has 4 nitrogen and oxygen atoms in total. The number of anilines is 2. The van der Waals surface area contributed by atoms with E-state index in [1.807, 2.05) is 44.2 Å². The average Bonchev–Trinajstić information content (AvgIpc) is 2.50. The molecule has 118 valence electrons. The van der Waals surface area contributed by atoms with E-state index in [0.29, 0.717) is 0 Å². The van der Waals surface area contributed by atoms with Crippen LogP contribution in [-0.4, -0.2) is 11.8 Å². The van der Waals surface area contributed by atoms with E-state index in [-0.39, 0.29) is 11.8 Å². The van der Waals surface area contributed by atoms with E-state index in [2.05, 4.69) is 10.6 Å². The van der Waals surface area contributed by atoms with Crippen LogP contribution in [0.1, 0.15) is 23.6 Å². The van der Waals surface area contributed by atoms with Crippen LogP contribution in [0.4, 0.5) is 11.4 Å². The molecule has 0 spiro atoms. The lowest BCUT2D eigenvalue weighted by Gasteiger charge is -2.09. The van der Waals surface area contributed by atoms with E-state index in [0.717, 1.165) is 28.1 Å². The van der Waals surface area contributed by atoms with Crippen molar-refractivity contribution in [3.8, 4) is 0 Å². The van der Waals surface area contributed by atoms with Crippen molar-refractivity contribution in [2.45, 2.75) is 20.8 Å². The number of nitrogens with one attached hydrogen (secondary N) is 2. The van der Waals surface area contributed by atoms with Gasteiger partial charge in [-0.3, -0.25) is 9.59 Å². The minimum atomic E-state index is -0.173. The summed E-state index contributed by atoms with van der Waals surface area (Å²) < 4.78 is 0. The summed E-state index contributed by atoms with van der Waals surface area (Å²) in [6, 6.07) is 13.2. The molecule has 0 atom stereocenters. The Kier molecular flexibility index (Phi) is 5.31. The monoisotopic (exact) mass is 308 g/mol. The fourth-order valence-electron chi connectivity index (χ4n) is 2.23. The first kappa shape index (κ1) is 16.5. The smallest absolute Gasteiger partial charge is 0.248 e. The number of carbonyl (C=O) groups is 2. The highest BCUT2D eigenvalue weighted by atomic mass is 16.2. The zero-order valence-corrected chi connectivity index (χ0v) is 13.5. The molecule has 0 radical (unpaired) electrons. The molecule has 23 heavy (non-hydrogen) atoms. The van der Waals surface area contributed by atoms with Crippen molar-refractivity contribution in [3.05, 3.63) is 65.2 Å². The Morgan fingerprint density at radius 2 is 1.52 bits per heavy atom. The van der Waals surface area contributed by atoms with Crippen LogP contribution in [0.25, 0.3) is 6.08 Å². The van der Waals surface area contributed by atoms with E-state index in [1.54, 1.807) is 18.2 Å². The SMILES string of the molecule is CC(=O)Nc1ccc(C=CC(=O)Nc2c(C)cccc2C)cc1. The molecular formula is C19H20N2O2. The summed E-state index contributed by atoms with van der Waals surface area (Å²) in [5.41, 5.74) is 4.53. The molecule has 0 aliphatic heterocycles. The summed E-state index contributed by atoms with van der Waals surface area (Å²) >= 11 is 0.